The summed E-state index contributed by atoms with van der Waals surface area (Å²) < 4.78 is 15.0. The Morgan fingerprint density at radius 3 is 2.44 bits per heavy atom. The number of thioether (sulfide) groups is 1. The first-order valence-electron chi connectivity index (χ1n) is 12.6. The van der Waals surface area contributed by atoms with Crippen LogP contribution in [0.25, 0.3) is 0 Å². The first-order valence-corrected chi connectivity index (χ1v) is 13.8. The molecule has 0 aromatic heterocycles. The molecule has 0 spiro atoms. The fraction of sp³-hybridized carbons (Fsp3) is 0.241. The van der Waals surface area contributed by atoms with Crippen LogP contribution >= 0.6 is 11.8 Å². The van der Waals surface area contributed by atoms with E-state index in [2.05, 4.69) is 16.0 Å². The van der Waals surface area contributed by atoms with E-state index in [1.807, 2.05) is 19.1 Å². The highest BCUT2D eigenvalue weighted by atomic mass is 32.2. The van der Waals surface area contributed by atoms with Gasteiger partial charge in [0.1, 0.15) is 11.9 Å². The minimum absolute atomic E-state index is 0.213. The van der Waals surface area contributed by atoms with E-state index in [1.54, 1.807) is 66.4 Å². The number of aryl methyl sites for hydroxylation is 1. The number of hydrogen-bond acceptors (Lipinski definition) is 6. The lowest BCUT2D eigenvalue weighted by Crippen LogP contribution is -2.55. The second-order valence-electron chi connectivity index (χ2n) is 9.31. The topological polar surface area (TPSA) is 103 Å². The number of urea groups is 1. The first-order chi connectivity index (χ1) is 18.9. The van der Waals surface area contributed by atoms with E-state index >= 15 is 4.39 Å². The number of carbonyl (C=O) groups is 3. The Balaban J connectivity index is 1.54. The van der Waals surface area contributed by atoms with Crippen molar-refractivity contribution in [1.82, 2.24) is 10.2 Å². The Bertz CT molecular complexity index is 1440. The predicted molar refractivity (Wildman–Crippen MR) is 152 cm³/mol. The Kier molecular flexibility index (Phi) is 7.92. The van der Waals surface area contributed by atoms with E-state index in [0.29, 0.717) is 30.0 Å². The van der Waals surface area contributed by atoms with Gasteiger partial charge in [0.25, 0.3) is 5.91 Å². The van der Waals surface area contributed by atoms with E-state index in [0.717, 1.165) is 17.1 Å². The summed E-state index contributed by atoms with van der Waals surface area (Å²) in [5, 5.41) is 8.66. The number of anilines is 2. The third-order valence-corrected chi connectivity index (χ3v) is 7.50. The standard InChI is InChI=1S/C29H28FN5O3S/c1-18-7-6-8-19(17-18)31-29(38)34-27-25(26(36)28(37)35-13-15-39-16-14-35)32-23-12-5-3-10-21(23)24(33-27)20-9-2-4-11-22(20)30/h2-12,17,25,27,32H,13-16H2,1H3,(H2,31,34,38). The van der Waals surface area contributed by atoms with E-state index < -0.39 is 35.7 Å². The van der Waals surface area contributed by atoms with Crippen molar-refractivity contribution in [3.8, 4) is 0 Å². The average Bonchev–Trinajstić information content (AvgIpc) is 3.10. The van der Waals surface area contributed by atoms with Crippen LogP contribution in [-0.2, 0) is 9.59 Å². The fourth-order valence-corrected chi connectivity index (χ4v) is 5.52. The Hall–Kier alpha value is -4.18. The number of nitrogens with zero attached hydrogens (tertiary/aromatic N) is 2. The molecule has 0 saturated carbocycles. The molecular formula is C29H28FN5O3S. The van der Waals surface area contributed by atoms with Crippen LogP contribution in [-0.4, -0.2) is 65.1 Å². The number of para-hydroxylation sites is 1. The number of fused-ring (bicyclic) bond motifs is 1. The molecule has 3 aromatic rings. The molecule has 200 valence electrons. The second kappa shape index (κ2) is 11.7. The van der Waals surface area contributed by atoms with Crippen LogP contribution in [0.2, 0.25) is 0 Å². The third-order valence-electron chi connectivity index (χ3n) is 6.55. The molecule has 10 heteroatoms. The molecule has 8 nitrogen and oxygen atoms in total. The van der Waals surface area contributed by atoms with Gasteiger partial charge in [0.15, 0.2) is 6.17 Å². The number of Topliss-reactive ketones (excluding diaryl/α,β-unsaturated/α-hetero) is 1. The predicted octanol–water partition coefficient (Wildman–Crippen LogP) is 4.06. The van der Waals surface area contributed by atoms with Crippen LogP contribution in [0.5, 0.6) is 0 Å². The Labute approximate surface area is 230 Å². The average molecular weight is 546 g/mol. The number of rotatable bonds is 5. The van der Waals surface area contributed by atoms with Gasteiger partial charge in [-0.3, -0.25) is 14.6 Å². The molecule has 2 atom stereocenters. The molecule has 1 saturated heterocycles. The van der Waals surface area contributed by atoms with E-state index in [4.69, 9.17) is 4.99 Å². The van der Waals surface area contributed by atoms with Gasteiger partial charge in [-0.25, -0.2) is 9.18 Å². The van der Waals surface area contributed by atoms with Gasteiger partial charge in [0.05, 0.1) is 5.71 Å². The third kappa shape index (κ3) is 5.96. The van der Waals surface area contributed by atoms with E-state index in [9.17, 15) is 14.4 Å². The number of amides is 3. The van der Waals surface area contributed by atoms with Crippen LogP contribution in [0.15, 0.2) is 77.8 Å². The number of nitrogens with one attached hydrogen (secondary N) is 3. The summed E-state index contributed by atoms with van der Waals surface area (Å²) in [7, 11) is 0. The highest BCUT2D eigenvalue weighted by Gasteiger charge is 2.39. The maximum absolute atomic E-state index is 15.0. The number of benzodiazepines with no additional fused rings is 1. The molecule has 5 rings (SSSR count). The van der Waals surface area contributed by atoms with Crippen molar-refractivity contribution in [3.05, 3.63) is 95.3 Å². The largest absolute Gasteiger partial charge is 0.371 e. The molecule has 39 heavy (non-hydrogen) atoms. The number of benzene rings is 3. The quantitative estimate of drug-likeness (QED) is 0.420. The van der Waals surface area contributed by atoms with Gasteiger partial charge in [-0.2, -0.15) is 11.8 Å². The molecule has 2 unspecified atom stereocenters. The van der Waals surface area contributed by atoms with Crippen molar-refractivity contribution in [1.29, 1.82) is 0 Å². The number of ketones is 1. The van der Waals surface area contributed by atoms with Gasteiger partial charge in [-0.05, 0) is 42.8 Å². The van der Waals surface area contributed by atoms with Crippen molar-refractivity contribution in [2.45, 2.75) is 19.1 Å². The molecule has 3 aromatic carbocycles. The van der Waals surface area contributed by atoms with Crippen LogP contribution < -0.4 is 16.0 Å². The minimum atomic E-state index is -1.22. The monoisotopic (exact) mass is 545 g/mol. The van der Waals surface area contributed by atoms with Gasteiger partial charge >= 0.3 is 6.03 Å². The van der Waals surface area contributed by atoms with Gasteiger partial charge in [0, 0.05) is 47.1 Å². The molecule has 1 fully saturated rings. The lowest BCUT2D eigenvalue weighted by atomic mass is 10.00. The summed E-state index contributed by atoms with van der Waals surface area (Å²) in [6, 6.07) is 18.6. The molecule has 0 radical (unpaired) electrons. The maximum atomic E-state index is 15.0. The summed E-state index contributed by atoms with van der Waals surface area (Å²) >= 11 is 1.72. The normalized spacial score (nSPS) is 18.6. The Morgan fingerprint density at radius 1 is 0.974 bits per heavy atom. The second-order valence-corrected chi connectivity index (χ2v) is 10.5. The van der Waals surface area contributed by atoms with E-state index in [1.165, 1.54) is 11.0 Å². The summed E-state index contributed by atoms with van der Waals surface area (Å²) in [6.07, 6.45) is -1.22. The van der Waals surface area contributed by atoms with Gasteiger partial charge in [0.2, 0.25) is 5.78 Å². The molecule has 3 amide bonds. The van der Waals surface area contributed by atoms with Crippen molar-refractivity contribution >= 4 is 46.6 Å². The fourth-order valence-electron chi connectivity index (χ4n) is 4.62. The molecule has 0 bridgehead atoms. The summed E-state index contributed by atoms with van der Waals surface area (Å²) in [6.45, 7) is 2.84. The highest BCUT2D eigenvalue weighted by Crippen LogP contribution is 2.27. The summed E-state index contributed by atoms with van der Waals surface area (Å²) in [4.78, 5) is 46.3. The SMILES string of the molecule is Cc1cccc(NC(=O)NC2N=C(c3ccccc3F)c3ccccc3NC2C(=O)C(=O)N2CCSCC2)c1. The zero-order chi connectivity index (χ0) is 27.4. The van der Waals surface area contributed by atoms with Crippen molar-refractivity contribution in [2.75, 3.05) is 35.2 Å². The van der Waals surface area contributed by atoms with Crippen LogP contribution in [0.3, 0.4) is 0 Å². The molecule has 3 N–H and O–H groups in total. The number of hydrogen-bond donors (Lipinski definition) is 3. The molecule has 2 heterocycles. The van der Waals surface area contributed by atoms with Gasteiger partial charge in [-0.1, -0.05) is 42.5 Å². The lowest BCUT2D eigenvalue weighted by Gasteiger charge is -2.29. The van der Waals surface area contributed by atoms with Crippen molar-refractivity contribution in [2.24, 2.45) is 4.99 Å². The summed E-state index contributed by atoms with van der Waals surface area (Å²) in [5.74, 6) is -0.371. The minimum Gasteiger partial charge on any atom is -0.371 e. The highest BCUT2D eigenvalue weighted by molar-refractivity contribution is 7.99. The zero-order valence-corrected chi connectivity index (χ0v) is 22.1. The molecule has 2 aliphatic rings. The van der Waals surface area contributed by atoms with Crippen LogP contribution in [0, 0.1) is 12.7 Å². The van der Waals surface area contributed by atoms with E-state index in [-0.39, 0.29) is 11.3 Å². The van der Waals surface area contributed by atoms with Gasteiger partial charge < -0.3 is 20.9 Å². The van der Waals surface area contributed by atoms with Gasteiger partial charge in [-0.15, -0.1) is 0 Å². The number of carbonyl (C=O) groups excluding carboxylic acids is 3. The molecule has 2 aliphatic heterocycles. The van der Waals surface area contributed by atoms with Crippen molar-refractivity contribution in [3.63, 3.8) is 0 Å². The number of halogens is 1. The smallest absolute Gasteiger partial charge is 0.320 e. The zero-order valence-electron chi connectivity index (χ0n) is 21.3. The molecular weight excluding hydrogens is 517 g/mol. The number of aliphatic imine (C=N–C) groups is 1. The lowest BCUT2D eigenvalue weighted by molar-refractivity contribution is -0.145. The molecule has 0 aliphatic carbocycles. The van der Waals surface area contributed by atoms with Crippen molar-refractivity contribution < 1.29 is 18.8 Å². The Morgan fingerprint density at radius 2 is 1.69 bits per heavy atom. The van der Waals surface area contributed by atoms with Crippen LogP contribution in [0.1, 0.15) is 16.7 Å². The summed E-state index contributed by atoms with van der Waals surface area (Å²) in [5.41, 5.74) is 3.03. The first kappa shape index (κ1) is 26.4. The maximum Gasteiger partial charge on any atom is 0.320 e. The van der Waals surface area contributed by atoms with Crippen LogP contribution in [0.4, 0.5) is 20.6 Å².